The van der Waals surface area contributed by atoms with Crippen LogP contribution in [-0.2, 0) is 27.0 Å². The van der Waals surface area contributed by atoms with E-state index in [0.717, 1.165) is 0 Å². The van der Waals surface area contributed by atoms with Crippen molar-refractivity contribution < 1.29 is 39.6 Å². The molecule has 1 heterocycles. The Hall–Kier alpha value is -2.76. The third-order valence-electron chi connectivity index (χ3n) is 4.91. The molecule has 0 spiro atoms. The number of para-hydroxylation sites is 1. The van der Waals surface area contributed by atoms with Crippen LogP contribution in [0.1, 0.15) is 17.5 Å². The molecule has 2 aromatic rings. The highest BCUT2D eigenvalue weighted by molar-refractivity contribution is 7.91. The van der Waals surface area contributed by atoms with Gasteiger partial charge in [0.2, 0.25) is 5.91 Å². The summed E-state index contributed by atoms with van der Waals surface area (Å²) in [5.74, 6) is -1.09. The first kappa shape index (κ1) is 23.9. The molecule has 0 radical (unpaired) electrons. The number of halogens is 6. The van der Waals surface area contributed by atoms with Gasteiger partial charge in [0.25, 0.3) is 0 Å². The van der Waals surface area contributed by atoms with Crippen molar-refractivity contribution in [3.8, 4) is 0 Å². The molecule has 0 aliphatic carbocycles. The molecular formula is C20H18F6N2O3S. The van der Waals surface area contributed by atoms with Gasteiger partial charge in [0.1, 0.15) is 0 Å². The van der Waals surface area contributed by atoms with Crippen LogP contribution >= 0.6 is 0 Å². The van der Waals surface area contributed by atoms with E-state index in [1.807, 2.05) is 0 Å². The average molecular weight is 480 g/mol. The van der Waals surface area contributed by atoms with Crippen LogP contribution < -0.4 is 10.2 Å². The highest BCUT2D eigenvalue weighted by Crippen LogP contribution is 2.37. The van der Waals surface area contributed by atoms with Crippen LogP contribution in [-0.4, -0.2) is 38.4 Å². The first-order valence-electron chi connectivity index (χ1n) is 9.37. The van der Waals surface area contributed by atoms with E-state index in [0.29, 0.717) is 17.8 Å². The van der Waals surface area contributed by atoms with E-state index in [4.69, 9.17) is 0 Å². The van der Waals surface area contributed by atoms with E-state index in [2.05, 4.69) is 5.32 Å². The van der Waals surface area contributed by atoms with E-state index in [1.165, 1.54) is 4.90 Å². The number of rotatable bonds is 5. The largest absolute Gasteiger partial charge is 0.416 e. The third kappa shape index (κ3) is 5.72. The highest BCUT2D eigenvalue weighted by Gasteiger charge is 2.38. The van der Waals surface area contributed by atoms with Gasteiger partial charge in [-0.2, -0.15) is 26.3 Å². The first-order chi connectivity index (χ1) is 14.8. The van der Waals surface area contributed by atoms with Gasteiger partial charge >= 0.3 is 12.4 Å². The number of alkyl halides is 6. The van der Waals surface area contributed by atoms with E-state index >= 15 is 0 Å². The number of amides is 1. The number of anilines is 2. The molecule has 5 nitrogen and oxygen atoms in total. The van der Waals surface area contributed by atoms with Gasteiger partial charge in [-0.25, -0.2) is 8.42 Å². The summed E-state index contributed by atoms with van der Waals surface area (Å²) >= 11 is 0. The second-order valence-corrected chi connectivity index (χ2v) is 9.53. The zero-order chi connectivity index (χ0) is 23.7. The van der Waals surface area contributed by atoms with Crippen LogP contribution in [0, 0.1) is 0 Å². The zero-order valence-electron chi connectivity index (χ0n) is 16.4. The number of hydrogen-bond acceptors (Lipinski definition) is 4. The minimum atomic E-state index is -5.02. The number of nitrogens with one attached hydrogen (secondary N) is 1. The number of carbonyl (C=O) groups excluding carboxylic acids is 1. The van der Waals surface area contributed by atoms with Gasteiger partial charge in [-0.3, -0.25) is 4.79 Å². The fourth-order valence-electron chi connectivity index (χ4n) is 3.45. The van der Waals surface area contributed by atoms with Crippen LogP contribution in [0.3, 0.4) is 0 Å². The van der Waals surface area contributed by atoms with E-state index in [9.17, 15) is 39.6 Å². The van der Waals surface area contributed by atoms with E-state index in [1.54, 1.807) is 30.3 Å². The SMILES string of the molecule is O=C(CNc1cc(C(F)(F)F)cc(C(F)(F)F)c1)N(c1ccccc1)[C@@H]1CCS(=O)(=O)C1. The maximum absolute atomic E-state index is 13.0. The molecule has 1 N–H and O–H groups in total. The second-order valence-electron chi connectivity index (χ2n) is 7.30. The fourth-order valence-corrected chi connectivity index (χ4v) is 5.15. The van der Waals surface area contributed by atoms with Gasteiger partial charge in [-0.1, -0.05) is 18.2 Å². The lowest BCUT2D eigenvalue weighted by Gasteiger charge is -2.29. The summed E-state index contributed by atoms with van der Waals surface area (Å²) in [6, 6.07) is 8.31. The van der Waals surface area contributed by atoms with E-state index < -0.39 is 57.5 Å². The molecule has 0 aromatic heterocycles. The highest BCUT2D eigenvalue weighted by atomic mass is 32.2. The van der Waals surface area contributed by atoms with Crippen LogP contribution in [0.25, 0.3) is 0 Å². The number of benzene rings is 2. The van der Waals surface area contributed by atoms with Crippen LogP contribution in [0.4, 0.5) is 37.7 Å². The molecule has 1 aliphatic rings. The molecule has 1 amide bonds. The summed E-state index contributed by atoms with van der Waals surface area (Å²) in [5, 5.41) is 2.32. The van der Waals surface area contributed by atoms with Gasteiger partial charge in [0, 0.05) is 11.4 Å². The van der Waals surface area contributed by atoms with Gasteiger partial charge in [0.05, 0.1) is 35.2 Å². The normalized spacial score (nSPS) is 18.4. The summed E-state index contributed by atoms with van der Waals surface area (Å²) < 4.78 is 102. The molecule has 1 fully saturated rings. The Labute approximate surface area is 179 Å². The molecule has 2 aromatic carbocycles. The van der Waals surface area contributed by atoms with Crippen molar-refractivity contribution in [3.05, 3.63) is 59.7 Å². The fraction of sp³-hybridized carbons (Fsp3) is 0.350. The Balaban J connectivity index is 1.86. The molecule has 12 heteroatoms. The maximum Gasteiger partial charge on any atom is 0.416 e. The quantitative estimate of drug-likeness (QED) is 0.646. The minimum Gasteiger partial charge on any atom is -0.376 e. The number of carbonyl (C=O) groups is 1. The molecule has 174 valence electrons. The molecule has 0 unspecified atom stereocenters. The van der Waals surface area contributed by atoms with Crippen molar-refractivity contribution >= 4 is 27.1 Å². The van der Waals surface area contributed by atoms with Gasteiger partial charge < -0.3 is 10.2 Å². The monoisotopic (exact) mass is 480 g/mol. The minimum absolute atomic E-state index is 0.00728. The lowest BCUT2D eigenvalue weighted by atomic mass is 10.1. The Bertz CT molecular complexity index is 1050. The summed E-state index contributed by atoms with van der Waals surface area (Å²) in [4.78, 5) is 14.1. The Morgan fingerprint density at radius 3 is 2.00 bits per heavy atom. The summed E-state index contributed by atoms with van der Waals surface area (Å²) in [6.45, 7) is -0.635. The lowest BCUT2D eigenvalue weighted by molar-refractivity contribution is -0.143. The summed E-state index contributed by atoms with van der Waals surface area (Å²) in [6.07, 6.45) is -9.86. The molecule has 1 atom stereocenters. The number of hydrogen-bond donors (Lipinski definition) is 1. The topological polar surface area (TPSA) is 66.5 Å². The zero-order valence-corrected chi connectivity index (χ0v) is 17.2. The molecule has 0 saturated carbocycles. The molecule has 1 aliphatic heterocycles. The molecule has 1 saturated heterocycles. The standard InChI is InChI=1S/C20H18F6N2O3S/c21-19(22,23)13-8-14(20(24,25)26)10-15(9-13)27-11-18(29)28(16-4-2-1-3-5-16)17-6-7-32(30,31)12-17/h1-5,8-10,17,27H,6-7,11-12H2/t17-/m1/s1. The number of nitrogens with zero attached hydrogens (tertiary/aromatic N) is 1. The predicted molar refractivity (Wildman–Crippen MR) is 106 cm³/mol. The second kappa shape index (κ2) is 8.64. The van der Waals surface area contributed by atoms with Gasteiger partial charge in [-0.05, 0) is 36.8 Å². The average Bonchev–Trinajstić information content (AvgIpc) is 3.05. The van der Waals surface area contributed by atoms with Gasteiger partial charge in [-0.15, -0.1) is 0 Å². The van der Waals surface area contributed by atoms with Crippen LogP contribution in [0.2, 0.25) is 0 Å². The van der Waals surface area contributed by atoms with Crippen molar-refractivity contribution in [2.24, 2.45) is 0 Å². The number of sulfone groups is 1. The lowest BCUT2D eigenvalue weighted by Crippen LogP contribution is -2.44. The Morgan fingerprint density at radius 1 is 0.969 bits per heavy atom. The summed E-state index contributed by atoms with van der Waals surface area (Å²) in [5.41, 5.74) is -3.18. The van der Waals surface area contributed by atoms with Crippen molar-refractivity contribution in [2.75, 3.05) is 28.3 Å². The van der Waals surface area contributed by atoms with Gasteiger partial charge in [0.15, 0.2) is 9.84 Å². The summed E-state index contributed by atoms with van der Waals surface area (Å²) in [7, 11) is -3.36. The molecule has 3 rings (SSSR count). The van der Waals surface area contributed by atoms with Crippen molar-refractivity contribution in [2.45, 2.75) is 24.8 Å². The molecular weight excluding hydrogens is 462 g/mol. The molecule has 0 bridgehead atoms. The van der Waals surface area contributed by atoms with Crippen molar-refractivity contribution in [1.29, 1.82) is 0 Å². The smallest absolute Gasteiger partial charge is 0.376 e. The van der Waals surface area contributed by atoms with Crippen LogP contribution in [0.5, 0.6) is 0 Å². The van der Waals surface area contributed by atoms with Crippen molar-refractivity contribution in [1.82, 2.24) is 0 Å². The van der Waals surface area contributed by atoms with Crippen molar-refractivity contribution in [3.63, 3.8) is 0 Å². The third-order valence-corrected chi connectivity index (χ3v) is 6.66. The Kier molecular flexibility index (Phi) is 6.45. The maximum atomic E-state index is 13.0. The first-order valence-corrected chi connectivity index (χ1v) is 11.2. The van der Waals surface area contributed by atoms with Crippen LogP contribution in [0.15, 0.2) is 48.5 Å². The Morgan fingerprint density at radius 2 is 1.53 bits per heavy atom. The molecule has 32 heavy (non-hydrogen) atoms. The predicted octanol–water partition coefficient (Wildman–Crippen LogP) is 4.36. The van der Waals surface area contributed by atoms with E-state index in [-0.39, 0.29) is 24.0 Å².